The minimum Gasteiger partial charge on any atom is -0.378 e. The zero-order valence-electron chi connectivity index (χ0n) is 10.2. The number of anilines is 1. The molecule has 7 nitrogen and oxygen atoms in total. The Labute approximate surface area is 125 Å². The standard InChI is InChI=1S/C11H9BrN4O3S/c1-16-10(19)14-15-11(16)20-7-3-6-4(2-5(7)12)8(17)9(18)13-6/h2-3,8,17H,1H3,(H,13,18)(H,14,19). The molecule has 3 N–H and O–H groups in total. The summed E-state index contributed by atoms with van der Waals surface area (Å²) >= 11 is 4.66. The highest BCUT2D eigenvalue weighted by Crippen LogP contribution is 2.40. The van der Waals surface area contributed by atoms with Gasteiger partial charge in [-0.3, -0.25) is 9.36 Å². The lowest BCUT2D eigenvalue weighted by Gasteiger charge is -2.07. The topological polar surface area (TPSA) is 100 Å². The number of amides is 1. The molecule has 0 spiro atoms. The minimum atomic E-state index is -1.14. The molecule has 0 saturated carbocycles. The summed E-state index contributed by atoms with van der Waals surface area (Å²) in [7, 11) is 1.61. The summed E-state index contributed by atoms with van der Waals surface area (Å²) in [5.74, 6) is -0.443. The molecule has 0 radical (unpaired) electrons. The van der Waals surface area contributed by atoms with Gasteiger partial charge in [-0.2, -0.15) is 0 Å². The summed E-state index contributed by atoms with van der Waals surface area (Å²) in [6.45, 7) is 0. The number of benzene rings is 1. The van der Waals surface area contributed by atoms with Crippen LogP contribution in [0.4, 0.5) is 5.69 Å². The van der Waals surface area contributed by atoms with E-state index in [1.165, 1.54) is 16.3 Å². The van der Waals surface area contributed by atoms with Crippen LogP contribution >= 0.6 is 27.7 Å². The predicted molar refractivity (Wildman–Crippen MR) is 75.7 cm³/mol. The van der Waals surface area contributed by atoms with Crippen LogP contribution in [0.5, 0.6) is 0 Å². The monoisotopic (exact) mass is 356 g/mol. The molecule has 0 saturated heterocycles. The summed E-state index contributed by atoms with van der Waals surface area (Å²) < 4.78 is 2.10. The van der Waals surface area contributed by atoms with Crippen molar-refractivity contribution in [2.24, 2.45) is 7.05 Å². The number of hydrogen-bond donors (Lipinski definition) is 3. The molecule has 1 atom stereocenters. The van der Waals surface area contributed by atoms with Gasteiger partial charge in [0, 0.05) is 27.7 Å². The van der Waals surface area contributed by atoms with Crippen molar-refractivity contribution in [1.29, 1.82) is 0 Å². The number of carbonyl (C=O) groups excluding carboxylic acids is 1. The fourth-order valence-electron chi connectivity index (χ4n) is 1.85. The van der Waals surface area contributed by atoms with Crippen molar-refractivity contribution in [3.05, 3.63) is 32.7 Å². The molecular weight excluding hydrogens is 348 g/mol. The van der Waals surface area contributed by atoms with Crippen LogP contribution in [-0.4, -0.2) is 25.8 Å². The van der Waals surface area contributed by atoms with E-state index in [0.29, 0.717) is 20.9 Å². The highest BCUT2D eigenvalue weighted by Gasteiger charge is 2.29. The second-order valence-electron chi connectivity index (χ2n) is 4.23. The average molecular weight is 357 g/mol. The van der Waals surface area contributed by atoms with E-state index < -0.39 is 12.0 Å². The Balaban J connectivity index is 2.00. The molecule has 20 heavy (non-hydrogen) atoms. The molecule has 1 aromatic carbocycles. The summed E-state index contributed by atoms with van der Waals surface area (Å²) in [6, 6.07) is 3.42. The van der Waals surface area contributed by atoms with Crippen molar-refractivity contribution < 1.29 is 9.90 Å². The quantitative estimate of drug-likeness (QED) is 0.745. The first-order valence-corrected chi connectivity index (χ1v) is 7.20. The van der Waals surface area contributed by atoms with E-state index in [0.717, 1.165) is 4.90 Å². The summed E-state index contributed by atoms with van der Waals surface area (Å²) in [5, 5.41) is 19.1. The zero-order valence-corrected chi connectivity index (χ0v) is 12.6. The first kappa shape index (κ1) is 13.4. The molecule has 104 valence electrons. The van der Waals surface area contributed by atoms with Crippen LogP contribution in [0.1, 0.15) is 11.7 Å². The number of hydrogen-bond acceptors (Lipinski definition) is 5. The Kier molecular flexibility index (Phi) is 3.19. The van der Waals surface area contributed by atoms with Crippen LogP contribution in [0.2, 0.25) is 0 Å². The largest absolute Gasteiger partial charge is 0.378 e. The molecule has 1 aliphatic heterocycles. The maximum atomic E-state index is 11.4. The van der Waals surface area contributed by atoms with E-state index in [4.69, 9.17) is 0 Å². The second-order valence-corrected chi connectivity index (χ2v) is 6.10. The van der Waals surface area contributed by atoms with Gasteiger partial charge in [0.15, 0.2) is 11.3 Å². The van der Waals surface area contributed by atoms with Gasteiger partial charge in [0.2, 0.25) is 0 Å². The lowest BCUT2D eigenvalue weighted by molar-refractivity contribution is -0.123. The molecule has 0 bridgehead atoms. The van der Waals surface area contributed by atoms with E-state index in [1.807, 2.05) is 0 Å². The molecule has 2 heterocycles. The van der Waals surface area contributed by atoms with Crippen molar-refractivity contribution >= 4 is 39.3 Å². The lowest BCUT2D eigenvalue weighted by Crippen LogP contribution is -2.12. The van der Waals surface area contributed by atoms with Gasteiger partial charge in [-0.1, -0.05) is 0 Å². The third kappa shape index (κ3) is 2.07. The molecule has 0 aliphatic carbocycles. The van der Waals surface area contributed by atoms with Gasteiger partial charge in [0.25, 0.3) is 5.91 Å². The van der Waals surface area contributed by atoms with Crippen molar-refractivity contribution in [2.75, 3.05) is 5.32 Å². The smallest absolute Gasteiger partial charge is 0.343 e. The zero-order chi connectivity index (χ0) is 14.4. The normalized spacial score (nSPS) is 17.1. The lowest BCUT2D eigenvalue weighted by atomic mass is 10.1. The van der Waals surface area contributed by atoms with Crippen LogP contribution < -0.4 is 11.0 Å². The Morgan fingerprint density at radius 2 is 2.20 bits per heavy atom. The Hall–Kier alpha value is -1.58. The van der Waals surface area contributed by atoms with Crippen molar-refractivity contribution in [3.8, 4) is 0 Å². The summed E-state index contributed by atoms with van der Waals surface area (Å²) in [6.07, 6.45) is -1.14. The third-order valence-electron chi connectivity index (χ3n) is 2.94. The number of nitrogens with zero attached hydrogens (tertiary/aromatic N) is 2. The number of aromatic amines is 1. The van der Waals surface area contributed by atoms with Gasteiger partial charge < -0.3 is 10.4 Å². The Morgan fingerprint density at radius 3 is 2.85 bits per heavy atom. The highest BCUT2D eigenvalue weighted by atomic mass is 79.9. The van der Waals surface area contributed by atoms with Gasteiger partial charge in [-0.15, -0.1) is 5.10 Å². The van der Waals surface area contributed by atoms with Crippen LogP contribution in [0, 0.1) is 0 Å². The molecule has 9 heteroatoms. The summed E-state index contributed by atoms with van der Waals surface area (Å²) in [4.78, 5) is 23.5. The Bertz CT molecular complexity index is 770. The molecule has 1 amide bonds. The van der Waals surface area contributed by atoms with Gasteiger partial charge in [0.1, 0.15) is 0 Å². The van der Waals surface area contributed by atoms with E-state index >= 15 is 0 Å². The van der Waals surface area contributed by atoms with E-state index in [1.54, 1.807) is 19.2 Å². The molecule has 1 unspecified atom stereocenters. The molecule has 1 aromatic heterocycles. The van der Waals surface area contributed by atoms with Crippen LogP contribution in [0.25, 0.3) is 0 Å². The van der Waals surface area contributed by atoms with Crippen molar-refractivity contribution in [3.63, 3.8) is 0 Å². The van der Waals surface area contributed by atoms with Gasteiger partial charge in [0.05, 0.1) is 0 Å². The number of halogens is 1. The average Bonchev–Trinajstić information content (AvgIpc) is 2.86. The number of rotatable bonds is 2. The van der Waals surface area contributed by atoms with Gasteiger partial charge >= 0.3 is 5.69 Å². The molecule has 3 rings (SSSR count). The number of aromatic nitrogens is 3. The molecule has 2 aromatic rings. The fourth-order valence-corrected chi connectivity index (χ4v) is 3.29. The van der Waals surface area contributed by atoms with Crippen LogP contribution in [0.15, 0.2) is 31.5 Å². The number of aliphatic hydroxyl groups is 1. The van der Waals surface area contributed by atoms with E-state index in [9.17, 15) is 14.7 Å². The maximum absolute atomic E-state index is 11.4. The van der Waals surface area contributed by atoms with Crippen molar-refractivity contribution in [1.82, 2.24) is 14.8 Å². The first-order chi connectivity index (χ1) is 9.47. The predicted octanol–water partition coefficient (Wildman–Crippen LogP) is 1.01. The van der Waals surface area contributed by atoms with Crippen molar-refractivity contribution in [2.45, 2.75) is 16.2 Å². The van der Waals surface area contributed by atoms with E-state index in [-0.39, 0.29) is 5.69 Å². The fraction of sp³-hybridized carbons (Fsp3) is 0.182. The first-order valence-electron chi connectivity index (χ1n) is 5.59. The number of carbonyl (C=O) groups is 1. The minimum absolute atomic E-state index is 0.298. The SMILES string of the molecule is Cn1c(Sc2cc3c(cc2Br)C(O)C(=O)N3)n[nH]c1=O. The molecule has 1 aliphatic rings. The van der Waals surface area contributed by atoms with Gasteiger partial charge in [-0.05, 0) is 39.8 Å². The number of fused-ring (bicyclic) bond motifs is 1. The molecule has 0 fully saturated rings. The number of nitrogens with one attached hydrogen (secondary N) is 2. The third-order valence-corrected chi connectivity index (χ3v) is 4.97. The maximum Gasteiger partial charge on any atom is 0.343 e. The van der Waals surface area contributed by atoms with Crippen LogP contribution in [0.3, 0.4) is 0 Å². The second kappa shape index (κ2) is 4.76. The Morgan fingerprint density at radius 1 is 1.45 bits per heavy atom. The number of H-pyrrole nitrogens is 1. The highest BCUT2D eigenvalue weighted by molar-refractivity contribution is 9.10. The van der Waals surface area contributed by atoms with Gasteiger partial charge in [-0.25, -0.2) is 9.89 Å². The molecular formula is C11H9BrN4O3S. The van der Waals surface area contributed by atoms with Crippen LogP contribution in [-0.2, 0) is 11.8 Å². The summed E-state index contributed by atoms with van der Waals surface area (Å²) in [5.41, 5.74) is 0.796. The number of aliphatic hydroxyl groups excluding tert-OH is 1. The van der Waals surface area contributed by atoms with E-state index in [2.05, 4.69) is 31.4 Å².